The Labute approximate surface area is 177 Å². The first kappa shape index (κ1) is 21.3. The molecule has 1 aromatic heterocycles. The molecule has 1 N–H and O–H groups in total. The topological polar surface area (TPSA) is 105 Å². The quantitative estimate of drug-likeness (QED) is 0.510. The number of carbonyl (C=O) groups is 1. The van der Waals surface area contributed by atoms with E-state index >= 15 is 0 Å². The van der Waals surface area contributed by atoms with Gasteiger partial charge in [0.15, 0.2) is 0 Å². The smallest absolute Gasteiger partial charge is 0.277 e. The van der Waals surface area contributed by atoms with E-state index in [1.807, 2.05) is 0 Å². The predicted molar refractivity (Wildman–Crippen MR) is 112 cm³/mol. The summed E-state index contributed by atoms with van der Waals surface area (Å²) in [4.78, 5) is 12.4. The number of methoxy groups -OCH3 is 4. The molecule has 3 rings (SSSR count). The average Bonchev–Trinajstić information content (AvgIpc) is 3.26. The molecule has 9 nitrogen and oxygen atoms in total. The van der Waals surface area contributed by atoms with Crippen molar-refractivity contribution in [1.29, 1.82) is 0 Å². The van der Waals surface area contributed by atoms with Crippen LogP contribution in [0.3, 0.4) is 0 Å². The van der Waals surface area contributed by atoms with Crippen LogP contribution in [0.2, 0.25) is 0 Å². The van der Waals surface area contributed by atoms with E-state index in [9.17, 15) is 4.79 Å². The van der Waals surface area contributed by atoms with Crippen molar-refractivity contribution in [3.05, 3.63) is 36.4 Å². The minimum atomic E-state index is -0.259. The van der Waals surface area contributed by atoms with Crippen molar-refractivity contribution in [3.8, 4) is 34.5 Å². The number of hydrogen-bond donors (Lipinski definition) is 1. The van der Waals surface area contributed by atoms with Crippen LogP contribution in [0.4, 0.5) is 5.69 Å². The van der Waals surface area contributed by atoms with Crippen LogP contribution in [0.1, 0.15) is 0 Å². The summed E-state index contributed by atoms with van der Waals surface area (Å²) in [7, 11) is 6.19. The van der Waals surface area contributed by atoms with Crippen LogP contribution >= 0.6 is 11.8 Å². The van der Waals surface area contributed by atoms with Crippen molar-refractivity contribution < 1.29 is 28.2 Å². The van der Waals surface area contributed by atoms with Gasteiger partial charge in [-0.1, -0.05) is 11.8 Å². The normalized spacial score (nSPS) is 10.4. The van der Waals surface area contributed by atoms with E-state index in [2.05, 4.69) is 15.5 Å². The van der Waals surface area contributed by atoms with Gasteiger partial charge in [0.25, 0.3) is 11.1 Å². The Hall–Kier alpha value is -3.40. The third kappa shape index (κ3) is 4.95. The maximum absolute atomic E-state index is 12.4. The van der Waals surface area contributed by atoms with Gasteiger partial charge in [-0.3, -0.25) is 4.79 Å². The number of thioether (sulfide) groups is 1. The molecule has 0 atom stereocenters. The van der Waals surface area contributed by atoms with Gasteiger partial charge in [0, 0.05) is 6.07 Å². The Balaban J connectivity index is 1.67. The first-order chi connectivity index (χ1) is 14.6. The van der Waals surface area contributed by atoms with Gasteiger partial charge < -0.3 is 28.7 Å². The van der Waals surface area contributed by atoms with Crippen molar-refractivity contribution in [1.82, 2.24) is 10.2 Å². The summed E-state index contributed by atoms with van der Waals surface area (Å²) in [5.41, 5.74) is 1.11. The molecule has 1 amide bonds. The molecule has 0 unspecified atom stereocenters. The molecule has 0 radical (unpaired) electrons. The van der Waals surface area contributed by atoms with Crippen LogP contribution < -0.4 is 24.3 Å². The number of rotatable bonds is 9. The number of carbonyl (C=O) groups excluding carboxylic acids is 1. The van der Waals surface area contributed by atoms with E-state index in [1.165, 1.54) is 7.11 Å². The Kier molecular flexibility index (Phi) is 7.02. The molecular formula is C20H21N3O6S. The van der Waals surface area contributed by atoms with Crippen molar-refractivity contribution in [3.63, 3.8) is 0 Å². The number of amides is 1. The van der Waals surface area contributed by atoms with Gasteiger partial charge in [-0.15, -0.1) is 10.2 Å². The van der Waals surface area contributed by atoms with Crippen LogP contribution in [0, 0.1) is 0 Å². The van der Waals surface area contributed by atoms with Gasteiger partial charge >= 0.3 is 0 Å². The number of nitrogens with one attached hydrogen (secondary N) is 1. The highest BCUT2D eigenvalue weighted by molar-refractivity contribution is 7.99. The Morgan fingerprint density at radius 1 is 0.933 bits per heavy atom. The summed E-state index contributed by atoms with van der Waals surface area (Å²) in [6, 6.07) is 10.4. The third-order valence-corrected chi connectivity index (χ3v) is 4.87. The molecule has 0 aliphatic heterocycles. The zero-order valence-corrected chi connectivity index (χ0v) is 17.7. The zero-order valence-electron chi connectivity index (χ0n) is 16.9. The maximum Gasteiger partial charge on any atom is 0.277 e. The Morgan fingerprint density at radius 3 is 2.27 bits per heavy atom. The Bertz CT molecular complexity index is 1020. The summed E-state index contributed by atoms with van der Waals surface area (Å²) in [5.74, 6) is 2.40. The van der Waals surface area contributed by atoms with E-state index in [-0.39, 0.29) is 22.8 Å². The van der Waals surface area contributed by atoms with Crippen LogP contribution in [-0.2, 0) is 4.79 Å². The SMILES string of the molecule is COc1ccc(OC)c(NC(=O)CSc2nnc(-c3cc(OC)ccc3OC)o2)c1. The molecule has 10 heteroatoms. The van der Waals surface area contributed by atoms with E-state index < -0.39 is 0 Å². The van der Waals surface area contributed by atoms with Crippen LogP contribution in [0.5, 0.6) is 23.0 Å². The van der Waals surface area contributed by atoms with E-state index in [4.69, 9.17) is 23.4 Å². The van der Waals surface area contributed by atoms with Gasteiger partial charge in [0.2, 0.25) is 5.91 Å². The number of nitrogens with zero attached hydrogens (tertiary/aromatic N) is 2. The lowest BCUT2D eigenvalue weighted by Crippen LogP contribution is -2.14. The van der Waals surface area contributed by atoms with Crippen LogP contribution in [-0.4, -0.2) is 50.3 Å². The highest BCUT2D eigenvalue weighted by Crippen LogP contribution is 2.34. The first-order valence-electron chi connectivity index (χ1n) is 8.78. The second-order valence-corrected chi connectivity index (χ2v) is 6.77. The largest absolute Gasteiger partial charge is 0.497 e. The van der Waals surface area contributed by atoms with Gasteiger partial charge in [-0.25, -0.2) is 0 Å². The lowest BCUT2D eigenvalue weighted by molar-refractivity contribution is -0.113. The lowest BCUT2D eigenvalue weighted by Gasteiger charge is -2.11. The summed E-state index contributed by atoms with van der Waals surface area (Å²) in [6.07, 6.45) is 0. The second kappa shape index (κ2) is 9.88. The number of aromatic nitrogens is 2. The molecule has 2 aromatic carbocycles. The van der Waals surface area contributed by atoms with Crippen LogP contribution in [0.15, 0.2) is 46.0 Å². The molecule has 0 spiro atoms. The third-order valence-electron chi connectivity index (χ3n) is 4.05. The average molecular weight is 431 g/mol. The highest BCUT2D eigenvalue weighted by atomic mass is 32.2. The highest BCUT2D eigenvalue weighted by Gasteiger charge is 2.16. The molecule has 0 fully saturated rings. The molecule has 0 aliphatic rings. The fourth-order valence-corrected chi connectivity index (χ4v) is 3.15. The monoisotopic (exact) mass is 431 g/mol. The summed E-state index contributed by atoms with van der Waals surface area (Å²) >= 11 is 1.11. The molecule has 0 saturated heterocycles. The second-order valence-electron chi connectivity index (χ2n) is 5.84. The molecule has 0 aliphatic carbocycles. The molecule has 1 heterocycles. The molecule has 30 heavy (non-hydrogen) atoms. The number of benzene rings is 2. The summed E-state index contributed by atoms with van der Waals surface area (Å²) in [5, 5.41) is 11.1. The van der Waals surface area contributed by atoms with Gasteiger partial charge in [0.1, 0.15) is 23.0 Å². The first-order valence-corrected chi connectivity index (χ1v) is 9.77. The molecular weight excluding hydrogens is 410 g/mol. The molecule has 0 bridgehead atoms. The molecule has 158 valence electrons. The van der Waals surface area contributed by atoms with Crippen molar-refractivity contribution >= 4 is 23.4 Å². The van der Waals surface area contributed by atoms with Gasteiger partial charge in [-0.2, -0.15) is 0 Å². The summed E-state index contributed by atoms with van der Waals surface area (Å²) in [6.45, 7) is 0. The lowest BCUT2D eigenvalue weighted by atomic mass is 10.2. The minimum Gasteiger partial charge on any atom is -0.497 e. The number of hydrogen-bond acceptors (Lipinski definition) is 9. The van der Waals surface area contributed by atoms with Gasteiger partial charge in [-0.05, 0) is 30.3 Å². The Morgan fingerprint density at radius 2 is 1.60 bits per heavy atom. The predicted octanol–water partition coefficient (Wildman–Crippen LogP) is 3.50. The molecule has 3 aromatic rings. The number of ether oxygens (including phenoxy) is 4. The standard InChI is InChI=1S/C20H21N3O6S/c1-25-12-5-7-16(27-3)14(9-12)19-22-23-20(29-19)30-11-18(24)21-15-10-13(26-2)6-8-17(15)28-4/h5-10H,11H2,1-4H3,(H,21,24). The minimum absolute atomic E-state index is 0.0667. The summed E-state index contributed by atoms with van der Waals surface area (Å²) < 4.78 is 26.7. The van der Waals surface area contributed by atoms with E-state index in [0.717, 1.165) is 11.8 Å². The fourth-order valence-electron chi connectivity index (χ4n) is 2.58. The van der Waals surface area contributed by atoms with Crippen LogP contribution in [0.25, 0.3) is 11.5 Å². The maximum atomic E-state index is 12.4. The van der Waals surface area contributed by atoms with E-state index in [1.54, 1.807) is 57.7 Å². The van der Waals surface area contributed by atoms with Crippen molar-refractivity contribution in [2.45, 2.75) is 5.22 Å². The number of anilines is 1. The van der Waals surface area contributed by atoms with Crippen molar-refractivity contribution in [2.24, 2.45) is 0 Å². The zero-order chi connectivity index (χ0) is 21.5. The van der Waals surface area contributed by atoms with Crippen molar-refractivity contribution in [2.75, 3.05) is 39.5 Å². The molecule has 0 saturated carbocycles. The van der Waals surface area contributed by atoms with Gasteiger partial charge in [0.05, 0.1) is 45.4 Å². The van der Waals surface area contributed by atoms with E-state index in [0.29, 0.717) is 34.2 Å². The fraction of sp³-hybridized carbons (Fsp3) is 0.250.